The summed E-state index contributed by atoms with van der Waals surface area (Å²) in [6.45, 7) is 0.548. The number of nitrogens with zero attached hydrogens (tertiary/aromatic N) is 1. The van der Waals surface area contributed by atoms with Gasteiger partial charge in [0, 0.05) is 16.7 Å². The Kier molecular flexibility index (Phi) is 5.81. The van der Waals surface area contributed by atoms with Crippen molar-refractivity contribution < 1.29 is 14.0 Å². The van der Waals surface area contributed by atoms with Crippen LogP contribution < -0.4 is 15.5 Å². The molecule has 7 heteroatoms. The fourth-order valence-corrected chi connectivity index (χ4v) is 3.87. The molecule has 0 unspecified atom stereocenters. The van der Waals surface area contributed by atoms with Crippen molar-refractivity contribution in [1.29, 1.82) is 0 Å². The number of para-hydroxylation sites is 1. The van der Waals surface area contributed by atoms with Crippen molar-refractivity contribution in [2.75, 3.05) is 16.8 Å². The van der Waals surface area contributed by atoms with Crippen molar-refractivity contribution in [3.63, 3.8) is 0 Å². The average molecular weight is 468 g/mol. The molecule has 3 aromatic carbocycles. The molecule has 0 saturated heterocycles. The number of halogens is 2. The summed E-state index contributed by atoms with van der Waals surface area (Å²) in [5.41, 5.74) is 2.63. The summed E-state index contributed by atoms with van der Waals surface area (Å²) >= 11 is 3.18. The summed E-state index contributed by atoms with van der Waals surface area (Å²) in [4.78, 5) is 27.7. The van der Waals surface area contributed by atoms with E-state index in [0.717, 1.165) is 17.7 Å². The summed E-state index contributed by atoms with van der Waals surface area (Å²) in [5, 5.41) is 5.20. The Morgan fingerprint density at radius 1 is 1.00 bits per heavy atom. The quantitative estimate of drug-likeness (QED) is 0.564. The Hall–Kier alpha value is -3.19. The maximum absolute atomic E-state index is 14.1. The van der Waals surface area contributed by atoms with Crippen LogP contribution in [-0.2, 0) is 11.2 Å². The Balaban J connectivity index is 1.58. The second-order valence-electron chi connectivity index (χ2n) is 6.93. The number of hydrogen-bond acceptors (Lipinski definition) is 2. The van der Waals surface area contributed by atoms with Gasteiger partial charge in [0.15, 0.2) is 0 Å². The standard InChI is InChI=1S/C23H19BrFN3O2/c24-17-10-11-19(18(25)14-17)26-23(30)27-21(16-7-2-1-3-8-16)22(29)28-13-12-15-6-4-5-9-20(15)28/h1-11,14,21H,12-13H2,(H2,26,27,30)/t21-/m0/s1. The minimum Gasteiger partial charge on any atom is -0.322 e. The van der Waals surface area contributed by atoms with Crippen LogP contribution in [0.25, 0.3) is 0 Å². The van der Waals surface area contributed by atoms with Crippen LogP contribution in [0.15, 0.2) is 77.3 Å². The van der Waals surface area contributed by atoms with Crippen LogP contribution in [0.4, 0.5) is 20.6 Å². The number of amides is 3. The van der Waals surface area contributed by atoms with Gasteiger partial charge in [0.25, 0.3) is 5.91 Å². The third-order valence-corrected chi connectivity index (χ3v) is 5.48. The molecule has 0 fully saturated rings. The van der Waals surface area contributed by atoms with Gasteiger partial charge < -0.3 is 15.5 Å². The van der Waals surface area contributed by atoms with Gasteiger partial charge in [-0.15, -0.1) is 0 Å². The van der Waals surface area contributed by atoms with Gasteiger partial charge in [-0.05, 0) is 41.8 Å². The molecule has 30 heavy (non-hydrogen) atoms. The van der Waals surface area contributed by atoms with E-state index in [2.05, 4.69) is 26.6 Å². The highest BCUT2D eigenvalue weighted by Crippen LogP contribution is 2.30. The second kappa shape index (κ2) is 8.67. The van der Waals surface area contributed by atoms with E-state index in [4.69, 9.17) is 0 Å². The fourth-order valence-electron chi connectivity index (χ4n) is 3.54. The SMILES string of the molecule is O=C(Nc1ccc(Br)cc1F)N[C@H](C(=O)N1CCc2ccccc21)c1ccccc1. The van der Waals surface area contributed by atoms with Crippen molar-refractivity contribution in [3.8, 4) is 0 Å². The van der Waals surface area contributed by atoms with E-state index in [-0.39, 0.29) is 11.6 Å². The highest BCUT2D eigenvalue weighted by atomic mass is 79.9. The summed E-state index contributed by atoms with van der Waals surface area (Å²) in [6.07, 6.45) is 0.764. The van der Waals surface area contributed by atoms with Gasteiger partial charge in [0.05, 0.1) is 5.69 Å². The topological polar surface area (TPSA) is 61.4 Å². The Morgan fingerprint density at radius 3 is 2.50 bits per heavy atom. The van der Waals surface area contributed by atoms with E-state index < -0.39 is 17.9 Å². The number of benzene rings is 3. The normalized spacial score (nSPS) is 13.5. The summed E-state index contributed by atoms with van der Waals surface area (Å²) in [6, 6.07) is 19.5. The van der Waals surface area contributed by atoms with Crippen LogP contribution in [0.5, 0.6) is 0 Å². The van der Waals surface area contributed by atoms with Crippen LogP contribution in [0.2, 0.25) is 0 Å². The van der Waals surface area contributed by atoms with E-state index in [1.165, 1.54) is 12.1 Å². The number of fused-ring (bicyclic) bond motifs is 1. The Bertz CT molecular complexity index is 1090. The van der Waals surface area contributed by atoms with E-state index in [9.17, 15) is 14.0 Å². The van der Waals surface area contributed by atoms with Crippen molar-refractivity contribution >= 4 is 39.2 Å². The molecule has 0 aliphatic carbocycles. The molecule has 0 aromatic heterocycles. The number of urea groups is 1. The summed E-state index contributed by atoms with van der Waals surface area (Å²) in [5.74, 6) is -0.812. The molecule has 4 rings (SSSR count). The first-order chi connectivity index (χ1) is 14.5. The number of anilines is 2. The third kappa shape index (κ3) is 4.21. The monoisotopic (exact) mass is 467 g/mol. The van der Waals surface area contributed by atoms with Gasteiger partial charge in [0.1, 0.15) is 11.9 Å². The molecule has 1 heterocycles. The molecular formula is C23H19BrFN3O2. The Morgan fingerprint density at radius 2 is 1.73 bits per heavy atom. The van der Waals surface area contributed by atoms with Crippen LogP contribution in [0.1, 0.15) is 17.2 Å². The molecule has 1 atom stereocenters. The first-order valence-corrected chi connectivity index (χ1v) is 10.3. The van der Waals surface area contributed by atoms with E-state index in [0.29, 0.717) is 16.6 Å². The molecule has 0 bridgehead atoms. The molecule has 152 valence electrons. The van der Waals surface area contributed by atoms with Gasteiger partial charge in [-0.1, -0.05) is 64.5 Å². The highest BCUT2D eigenvalue weighted by Gasteiger charge is 2.32. The molecular weight excluding hydrogens is 449 g/mol. The zero-order valence-corrected chi connectivity index (χ0v) is 17.5. The van der Waals surface area contributed by atoms with Crippen molar-refractivity contribution in [2.24, 2.45) is 0 Å². The first-order valence-electron chi connectivity index (χ1n) is 9.50. The first kappa shape index (κ1) is 20.1. The molecule has 1 aliphatic heterocycles. The summed E-state index contributed by atoms with van der Waals surface area (Å²) in [7, 11) is 0. The van der Waals surface area contributed by atoms with Crippen LogP contribution in [-0.4, -0.2) is 18.5 Å². The van der Waals surface area contributed by atoms with Crippen LogP contribution in [0.3, 0.4) is 0 Å². The smallest absolute Gasteiger partial charge is 0.320 e. The fraction of sp³-hybridized carbons (Fsp3) is 0.130. The molecule has 5 nitrogen and oxygen atoms in total. The highest BCUT2D eigenvalue weighted by molar-refractivity contribution is 9.10. The van der Waals surface area contributed by atoms with E-state index in [1.807, 2.05) is 42.5 Å². The minimum atomic E-state index is -0.907. The molecule has 0 radical (unpaired) electrons. The van der Waals surface area contributed by atoms with Gasteiger partial charge in [-0.3, -0.25) is 4.79 Å². The van der Waals surface area contributed by atoms with Crippen LogP contribution >= 0.6 is 15.9 Å². The van der Waals surface area contributed by atoms with E-state index >= 15 is 0 Å². The van der Waals surface area contributed by atoms with Crippen LogP contribution in [0, 0.1) is 5.82 Å². The maximum Gasteiger partial charge on any atom is 0.320 e. The number of hydrogen-bond donors (Lipinski definition) is 2. The molecule has 3 aromatic rings. The molecule has 1 aliphatic rings. The number of nitrogens with one attached hydrogen (secondary N) is 2. The third-order valence-electron chi connectivity index (χ3n) is 4.99. The van der Waals surface area contributed by atoms with Crippen molar-refractivity contribution in [3.05, 3.63) is 94.2 Å². The van der Waals surface area contributed by atoms with Crippen molar-refractivity contribution in [2.45, 2.75) is 12.5 Å². The number of carbonyl (C=O) groups excluding carboxylic acids is 2. The van der Waals surface area contributed by atoms with Crippen molar-refractivity contribution in [1.82, 2.24) is 5.32 Å². The molecule has 2 N–H and O–H groups in total. The predicted octanol–water partition coefficient (Wildman–Crippen LogP) is 5.04. The molecule has 0 spiro atoms. The number of rotatable bonds is 4. The number of carbonyl (C=O) groups is 2. The lowest BCUT2D eigenvalue weighted by molar-refractivity contribution is -0.120. The predicted molar refractivity (Wildman–Crippen MR) is 118 cm³/mol. The van der Waals surface area contributed by atoms with Gasteiger partial charge in [-0.25, -0.2) is 9.18 Å². The van der Waals surface area contributed by atoms with Gasteiger partial charge in [0.2, 0.25) is 0 Å². The maximum atomic E-state index is 14.1. The largest absolute Gasteiger partial charge is 0.322 e. The Labute approximate surface area is 182 Å². The lowest BCUT2D eigenvalue weighted by Crippen LogP contribution is -2.44. The zero-order valence-electron chi connectivity index (χ0n) is 15.9. The summed E-state index contributed by atoms with van der Waals surface area (Å²) < 4.78 is 14.7. The van der Waals surface area contributed by atoms with Gasteiger partial charge >= 0.3 is 6.03 Å². The lowest BCUT2D eigenvalue weighted by atomic mass is 10.1. The van der Waals surface area contributed by atoms with Gasteiger partial charge in [-0.2, -0.15) is 0 Å². The molecule has 0 saturated carbocycles. The minimum absolute atomic E-state index is 0.0291. The zero-order chi connectivity index (χ0) is 21.1. The second-order valence-corrected chi connectivity index (χ2v) is 7.85. The lowest BCUT2D eigenvalue weighted by Gasteiger charge is -2.25. The molecule has 3 amide bonds. The average Bonchev–Trinajstić information content (AvgIpc) is 3.18. The van der Waals surface area contributed by atoms with E-state index in [1.54, 1.807) is 23.1 Å².